The lowest BCUT2D eigenvalue weighted by Crippen LogP contribution is -2.40. The van der Waals surface area contributed by atoms with Crippen molar-refractivity contribution in [1.29, 1.82) is 0 Å². The van der Waals surface area contributed by atoms with Crippen molar-refractivity contribution < 1.29 is 13.2 Å². The minimum Gasteiger partial charge on any atom is -0.496 e. The maximum Gasteiger partial charge on any atom is 0.243 e. The molecule has 7 heteroatoms. The second kappa shape index (κ2) is 7.09. The number of nitrogens with one attached hydrogen (secondary N) is 1. The number of nitrogens with zero attached hydrogens (tertiary/aromatic N) is 1. The van der Waals surface area contributed by atoms with Crippen LogP contribution < -0.4 is 10.1 Å². The molecule has 0 aromatic heterocycles. The van der Waals surface area contributed by atoms with Gasteiger partial charge in [-0.2, -0.15) is 4.31 Å². The predicted molar refractivity (Wildman–Crippen MR) is 86.2 cm³/mol. The first-order valence-corrected chi connectivity index (χ1v) is 9.29. The lowest BCUT2D eigenvalue weighted by Gasteiger charge is -2.24. The molecule has 1 aromatic carbocycles. The van der Waals surface area contributed by atoms with Gasteiger partial charge in [-0.15, -0.1) is 0 Å². The first-order valence-electron chi connectivity index (χ1n) is 7.06. The number of benzene rings is 1. The van der Waals surface area contributed by atoms with Gasteiger partial charge in [-0.1, -0.05) is 6.92 Å². The summed E-state index contributed by atoms with van der Waals surface area (Å²) in [5.41, 5.74) is 0. The molecule has 0 spiro atoms. The molecule has 1 aliphatic heterocycles. The molecule has 1 heterocycles. The molecule has 1 saturated heterocycles. The largest absolute Gasteiger partial charge is 0.496 e. The van der Waals surface area contributed by atoms with Gasteiger partial charge in [-0.25, -0.2) is 8.42 Å². The van der Waals surface area contributed by atoms with Crippen LogP contribution in [0.15, 0.2) is 27.6 Å². The lowest BCUT2D eigenvalue weighted by molar-refractivity contribution is 0.382. The number of likely N-dealkylation sites (N-methyl/N-ethyl adjacent to an activating group) is 1. The normalized spacial score (nSPS) is 19.1. The SMILES string of the molecule is CCN(CC1CCCN1)S(=O)(=O)c1ccc(OC)c(Br)c1. The van der Waals surface area contributed by atoms with Gasteiger partial charge >= 0.3 is 0 Å². The van der Waals surface area contributed by atoms with Gasteiger partial charge in [0.15, 0.2) is 0 Å². The molecule has 0 radical (unpaired) electrons. The van der Waals surface area contributed by atoms with Gasteiger partial charge in [0.2, 0.25) is 10.0 Å². The van der Waals surface area contributed by atoms with Crippen molar-refractivity contribution in [2.24, 2.45) is 0 Å². The van der Waals surface area contributed by atoms with Crippen molar-refractivity contribution in [1.82, 2.24) is 9.62 Å². The highest BCUT2D eigenvalue weighted by molar-refractivity contribution is 9.10. The van der Waals surface area contributed by atoms with E-state index < -0.39 is 10.0 Å². The summed E-state index contributed by atoms with van der Waals surface area (Å²) in [5.74, 6) is 0.620. The van der Waals surface area contributed by atoms with Gasteiger partial charge in [0.1, 0.15) is 5.75 Å². The highest BCUT2D eigenvalue weighted by atomic mass is 79.9. The van der Waals surface area contributed by atoms with E-state index in [1.807, 2.05) is 6.92 Å². The quantitative estimate of drug-likeness (QED) is 0.826. The van der Waals surface area contributed by atoms with Crippen molar-refractivity contribution in [3.8, 4) is 5.75 Å². The monoisotopic (exact) mass is 376 g/mol. The fourth-order valence-corrected chi connectivity index (χ4v) is 4.73. The second-order valence-corrected chi connectivity index (χ2v) is 7.84. The van der Waals surface area contributed by atoms with E-state index in [1.54, 1.807) is 25.3 Å². The number of methoxy groups -OCH3 is 1. The number of halogens is 1. The summed E-state index contributed by atoms with van der Waals surface area (Å²) in [6.07, 6.45) is 2.13. The van der Waals surface area contributed by atoms with E-state index >= 15 is 0 Å². The molecular formula is C14H21BrN2O3S. The van der Waals surface area contributed by atoms with Gasteiger partial charge < -0.3 is 10.1 Å². The Balaban J connectivity index is 2.23. The Morgan fingerprint density at radius 3 is 2.76 bits per heavy atom. The van der Waals surface area contributed by atoms with Crippen LogP contribution in [0.1, 0.15) is 19.8 Å². The second-order valence-electron chi connectivity index (χ2n) is 5.05. The molecule has 21 heavy (non-hydrogen) atoms. The average Bonchev–Trinajstić information content (AvgIpc) is 2.97. The summed E-state index contributed by atoms with van der Waals surface area (Å²) in [6, 6.07) is 5.10. The van der Waals surface area contributed by atoms with Crippen LogP contribution in [-0.2, 0) is 10.0 Å². The van der Waals surface area contributed by atoms with Crippen LogP contribution in [0.25, 0.3) is 0 Å². The maximum atomic E-state index is 12.7. The van der Waals surface area contributed by atoms with Gasteiger partial charge in [-0.05, 0) is 53.5 Å². The Labute approximate surface area is 134 Å². The maximum absolute atomic E-state index is 12.7. The molecule has 1 fully saturated rings. The smallest absolute Gasteiger partial charge is 0.243 e. The molecule has 0 saturated carbocycles. The van der Waals surface area contributed by atoms with E-state index in [4.69, 9.17) is 4.74 Å². The average molecular weight is 377 g/mol. The molecule has 118 valence electrons. The molecule has 1 unspecified atom stereocenters. The van der Waals surface area contributed by atoms with E-state index in [1.165, 1.54) is 4.31 Å². The summed E-state index contributed by atoms with van der Waals surface area (Å²) in [5, 5.41) is 3.34. The molecule has 5 nitrogen and oxygen atoms in total. The molecule has 0 amide bonds. The Bertz CT molecular complexity index is 586. The van der Waals surface area contributed by atoms with Crippen LogP contribution in [0.2, 0.25) is 0 Å². The van der Waals surface area contributed by atoms with E-state index in [2.05, 4.69) is 21.2 Å². The van der Waals surface area contributed by atoms with E-state index in [9.17, 15) is 8.42 Å². The van der Waals surface area contributed by atoms with E-state index in [0.717, 1.165) is 19.4 Å². The molecule has 1 N–H and O–H groups in total. The predicted octanol–water partition coefficient (Wildman–Crippen LogP) is 2.22. The standard InChI is InChI=1S/C14H21BrN2O3S/c1-3-17(10-11-5-4-8-16-11)21(18,19)12-6-7-14(20-2)13(15)9-12/h6-7,9,11,16H,3-5,8,10H2,1-2H3. The molecule has 1 atom stereocenters. The number of hydrogen-bond acceptors (Lipinski definition) is 4. The summed E-state index contributed by atoms with van der Waals surface area (Å²) < 4.78 is 32.8. The molecule has 0 bridgehead atoms. The number of rotatable bonds is 6. The van der Waals surface area contributed by atoms with Gasteiger partial charge in [-0.3, -0.25) is 0 Å². The first-order chi connectivity index (χ1) is 9.98. The van der Waals surface area contributed by atoms with E-state index in [0.29, 0.717) is 23.3 Å². The first kappa shape index (κ1) is 16.7. The topological polar surface area (TPSA) is 58.6 Å². The third kappa shape index (κ3) is 3.77. The van der Waals surface area contributed by atoms with Crippen molar-refractivity contribution in [3.05, 3.63) is 22.7 Å². The van der Waals surface area contributed by atoms with Gasteiger partial charge in [0, 0.05) is 19.1 Å². The summed E-state index contributed by atoms with van der Waals surface area (Å²) in [7, 11) is -1.92. The van der Waals surface area contributed by atoms with Crippen LogP contribution in [0.4, 0.5) is 0 Å². The van der Waals surface area contributed by atoms with Crippen LogP contribution in [0.3, 0.4) is 0 Å². The number of sulfonamides is 1. The minimum absolute atomic E-state index is 0.251. The molecule has 1 aliphatic rings. The van der Waals surface area contributed by atoms with E-state index in [-0.39, 0.29) is 10.9 Å². The summed E-state index contributed by atoms with van der Waals surface area (Å²) in [4.78, 5) is 0.287. The Hall–Kier alpha value is -0.630. The van der Waals surface area contributed by atoms with Crippen molar-refractivity contribution >= 4 is 26.0 Å². The van der Waals surface area contributed by atoms with Gasteiger partial charge in [0.25, 0.3) is 0 Å². The van der Waals surface area contributed by atoms with Crippen LogP contribution in [0, 0.1) is 0 Å². The van der Waals surface area contributed by atoms with Crippen LogP contribution in [-0.4, -0.2) is 45.5 Å². The number of hydrogen-bond donors (Lipinski definition) is 1. The van der Waals surface area contributed by atoms with Crippen molar-refractivity contribution in [3.63, 3.8) is 0 Å². The third-order valence-corrected chi connectivity index (χ3v) is 6.26. The molecule has 0 aliphatic carbocycles. The van der Waals surface area contributed by atoms with Crippen molar-refractivity contribution in [2.45, 2.75) is 30.7 Å². The Morgan fingerprint density at radius 2 is 2.24 bits per heavy atom. The molecular weight excluding hydrogens is 356 g/mol. The summed E-state index contributed by atoms with van der Waals surface area (Å²) >= 11 is 3.34. The zero-order valence-electron chi connectivity index (χ0n) is 12.3. The lowest BCUT2D eigenvalue weighted by atomic mass is 10.2. The zero-order chi connectivity index (χ0) is 15.5. The molecule has 1 aromatic rings. The fraction of sp³-hybridized carbons (Fsp3) is 0.571. The van der Waals surface area contributed by atoms with Crippen LogP contribution in [0.5, 0.6) is 5.75 Å². The zero-order valence-corrected chi connectivity index (χ0v) is 14.7. The molecule has 2 rings (SSSR count). The van der Waals surface area contributed by atoms with Gasteiger partial charge in [0.05, 0.1) is 16.5 Å². The van der Waals surface area contributed by atoms with Crippen molar-refractivity contribution in [2.75, 3.05) is 26.7 Å². The minimum atomic E-state index is -3.48. The number of ether oxygens (including phenoxy) is 1. The Morgan fingerprint density at radius 1 is 1.48 bits per heavy atom. The van der Waals surface area contributed by atoms with Crippen LogP contribution >= 0.6 is 15.9 Å². The Kier molecular flexibility index (Phi) is 5.65. The summed E-state index contributed by atoms with van der Waals surface area (Å²) in [6.45, 7) is 3.81. The third-order valence-electron chi connectivity index (χ3n) is 3.70. The highest BCUT2D eigenvalue weighted by Crippen LogP contribution is 2.29. The fourth-order valence-electron chi connectivity index (χ4n) is 2.51. The highest BCUT2D eigenvalue weighted by Gasteiger charge is 2.27.